The molecule has 0 aliphatic rings. The number of aromatic nitrogens is 1. The molecule has 0 aliphatic carbocycles. The average Bonchev–Trinajstić information content (AvgIpc) is 3.13. The van der Waals surface area contributed by atoms with Gasteiger partial charge in [0, 0.05) is 22.8 Å². The lowest BCUT2D eigenvalue weighted by molar-refractivity contribution is 0.210. The van der Waals surface area contributed by atoms with Crippen molar-refractivity contribution in [2.75, 3.05) is 6.54 Å². The Morgan fingerprint density at radius 2 is 2.14 bits per heavy atom. The molecule has 2 aromatic heterocycles. The molecule has 0 spiro atoms. The maximum Gasteiger partial charge on any atom is 0.0928 e. The fourth-order valence-corrected chi connectivity index (χ4v) is 4.04. The summed E-state index contributed by atoms with van der Waals surface area (Å²) in [5.74, 6) is 0.526. The highest BCUT2D eigenvalue weighted by Crippen LogP contribution is 2.16. The summed E-state index contributed by atoms with van der Waals surface area (Å²) in [6.07, 6.45) is 3.49. The van der Waals surface area contributed by atoms with E-state index in [0.29, 0.717) is 11.9 Å². The second-order valence-electron chi connectivity index (χ2n) is 5.47. The largest absolute Gasteiger partial charge is 0.296 e. The van der Waals surface area contributed by atoms with Gasteiger partial charge in [0.2, 0.25) is 0 Å². The van der Waals surface area contributed by atoms with Gasteiger partial charge in [0.05, 0.1) is 16.6 Å². The van der Waals surface area contributed by atoms with Crippen LogP contribution in [-0.2, 0) is 18.8 Å². The van der Waals surface area contributed by atoms with Gasteiger partial charge in [0.15, 0.2) is 0 Å². The lowest BCUT2D eigenvalue weighted by Gasteiger charge is -2.25. The molecule has 5 heteroatoms. The lowest BCUT2D eigenvalue weighted by Crippen LogP contribution is -2.31. The predicted molar refractivity (Wildman–Crippen MR) is 94.5 cm³/mol. The molecule has 116 valence electrons. The Labute approximate surface area is 140 Å². The monoisotopic (exact) mass is 342 g/mol. The molecule has 0 radical (unpaired) electrons. The first-order valence-corrected chi connectivity index (χ1v) is 9.74. The fourth-order valence-electron chi connectivity index (χ4n) is 2.24. The summed E-state index contributed by atoms with van der Waals surface area (Å²) in [7, 11) is 0. The zero-order valence-corrected chi connectivity index (χ0v) is 15.1. The third kappa shape index (κ3) is 5.70. The Morgan fingerprint density at radius 1 is 1.29 bits per heavy atom. The summed E-state index contributed by atoms with van der Waals surface area (Å²) in [5.41, 5.74) is 1.01. The molecule has 2 aromatic rings. The van der Waals surface area contributed by atoms with Crippen LogP contribution in [0.25, 0.3) is 0 Å². The van der Waals surface area contributed by atoms with Crippen LogP contribution in [0.3, 0.4) is 0 Å². The van der Waals surface area contributed by atoms with Crippen molar-refractivity contribution in [1.82, 2.24) is 9.88 Å². The smallest absolute Gasteiger partial charge is 0.0928 e. The third-order valence-corrected chi connectivity index (χ3v) is 5.58. The number of alkyl halides is 1. The van der Waals surface area contributed by atoms with Gasteiger partial charge in [-0.15, -0.1) is 34.3 Å². The summed E-state index contributed by atoms with van der Waals surface area (Å²) < 4.78 is 0. The highest BCUT2D eigenvalue weighted by atomic mass is 35.5. The molecule has 0 bridgehead atoms. The Bertz CT molecular complexity index is 508. The molecule has 0 fully saturated rings. The van der Waals surface area contributed by atoms with Gasteiger partial charge in [-0.2, -0.15) is 0 Å². The number of unbranched alkanes of at least 4 members (excludes halogenated alkanes) is 1. The molecule has 0 unspecified atom stereocenters. The molecule has 0 atom stereocenters. The van der Waals surface area contributed by atoms with Crippen molar-refractivity contribution in [3.8, 4) is 0 Å². The molecule has 2 rings (SSSR count). The van der Waals surface area contributed by atoms with E-state index in [4.69, 9.17) is 11.6 Å². The van der Waals surface area contributed by atoms with Crippen molar-refractivity contribution in [1.29, 1.82) is 0 Å². The SMILES string of the molecule is CC(C)N(CCCCc1nc(CCl)cs1)Cc1cccs1. The topological polar surface area (TPSA) is 16.1 Å². The van der Waals surface area contributed by atoms with Gasteiger partial charge in [-0.05, 0) is 51.1 Å². The summed E-state index contributed by atoms with van der Waals surface area (Å²) in [4.78, 5) is 8.52. The van der Waals surface area contributed by atoms with Crippen LogP contribution in [0, 0.1) is 0 Å². The van der Waals surface area contributed by atoms with E-state index in [9.17, 15) is 0 Å². The number of thiazole rings is 1. The van der Waals surface area contributed by atoms with E-state index < -0.39 is 0 Å². The molecule has 0 aromatic carbocycles. The lowest BCUT2D eigenvalue weighted by atomic mass is 10.2. The van der Waals surface area contributed by atoms with Gasteiger partial charge >= 0.3 is 0 Å². The van der Waals surface area contributed by atoms with Gasteiger partial charge < -0.3 is 0 Å². The van der Waals surface area contributed by atoms with Crippen LogP contribution >= 0.6 is 34.3 Å². The quantitative estimate of drug-likeness (QED) is 0.461. The fraction of sp³-hybridized carbons (Fsp3) is 0.562. The van der Waals surface area contributed by atoms with E-state index in [1.54, 1.807) is 11.3 Å². The molecule has 0 N–H and O–H groups in total. The normalized spacial score (nSPS) is 11.7. The summed E-state index contributed by atoms with van der Waals surface area (Å²) in [6, 6.07) is 4.95. The van der Waals surface area contributed by atoms with Gasteiger partial charge in [-0.25, -0.2) is 4.98 Å². The van der Waals surface area contributed by atoms with Gasteiger partial charge in [0.1, 0.15) is 0 Å². The van der Waals surface area contributed by atoms with Crippen LogP contribution in [0.2, 0.25) is 0 Å². The van der Waals surface area contributed by atoms with Gasteiger partial charge in [-0.3, -0.25) is 4.90 Å². The van der Waals surface area contributed by atoms with Crippen LogP contribution in [-0.4, -0.2) is 22.5 Å². The summed E-state index contributed by atoms with van der Waals surface area (Å²) >= 11 is 9.37. The van der Waals surface area contributed by atoms with Crippen molar-refractivity contribution in [3.05, 3.63) is 38.5 Å². The second kappa shape index (κ2) is 8.89. The van der Waals surface area contributed by atoms with Crippen LogP contribution in [0.4, 0.5) is 0 Å². The molecule has 0 saturated carbocycles. The average molecular weight is 343 g/mol. The second-order valence-corrected chi connectivity index (χ2v) is 7.71. The third-order valence-electron chi connectivity index (χ3n) is 3.49. The van der Waals surface area contributed by atoms with Gasteiger partial charge in [-0.1, -0.05) is 6.07 Å². The number of hydrogen-bond acceptors (Lipinski definition) is 4. The number of halogens is 1. The van der Waals surface area contributed by atoms with Crippen molar-refractivity contribution in [2.45, 2.75) is 51.6 Å². The van der Waals surface area contributed by atoms with Crippen molar-refractivity contribution >= 4 is 34.3 Å². The first kappa shape index (κ1) is 16.9. The van der Waals surface area contributed by atoms with Crippen molar-refractivity contribution in [3.63, 3.8) is 0 Å². The minimum Gasteiger partial charge on any atom is -0.296 e. The maximum absolute atomic E-state index is 5.78. The Hall–Kier alpha value is -0.420. The summed E-state index contributed by atoms with van der Waals surface area (Å²) in [6.45, 7) is 6.79. The minimum atomic E-state index is 0.526. The van der Waals surface area contributed by atoms with Crippen LogP contribution in [0.5, 0.6) is 0 Å². The van der Waals surface area contributed by atoms with Crippen molar-refractivity contribution < 1.29 is 0 Å². The van der Waals surface area contributed by atoms with Gasteiger partial charge in [0.25, 0.3) is 0 Å². The highest BCUT2D eigenvalue weighted by Gasteiger charge is 2.10. The first-order valence-electron chi connectivity index (χ1n) is 7.44. The number of nitrogens with zero attached hydrogens (tertiary/aromatic N) is 2. The van der Waals surface area contributed by atoms with Crippen LogP contribution < -0.4 is 0 Å². The Balaban J connectivity index is 1.72. The van der Waals surface area contributed by atoms with E-state index in [-0.39, 0.29) is 0 Å². The molecule has 0 saturated heterocycles. The zero-order chi connectivity index (χ0) is 15.1. The number of aryl methyl sites for hydroxylation is 1. The highest BCUT2D eigenvalue weighted by molar-refractivity contribution is 7.10. The molecule has 0 amide bonds. The Morgan fingerprint density at radius 3 is 2.76 bits per heavy atom. The predicted octanol–water partition coefficient (Wildman–Crippen LogP) is 5.18. The van der Waals surface area contributed by atoms with Crippen molar-refractivity contribution in [2.24, 2.45) is 0 Å². The number of rotatable bonds is 9. The summed E-state index contributed by atoms with van der Waals surface area (Å²) in [5, 5.41) is 5.45. The van der Waals surface area contributed by atoms with Crippen LogP contribution in [0.15, 0.2) is 22.9 Å². The van der Waals surface area contributed by atoms with E-state index in [1.807, 2.05) is 11.3 Å². The molecular formula is C16H23ClN2S2. The zero-order valence-electron chi connectivity index (χ0n) is 12.7. The van der Waals surface area contributed by atoms with E-state index >= 15 is 0 Å². The first-order chi connectivity index (χ1) is 10.2. The molecule has 21 heavy (non-hydrogen) atoms. The Kier molecular flexibility index (Phi) is 7.17. The molecule has 2 nitrogen and oxygen atoms in total. The molecule has 2 heterocycles. The minimum absolute atomic E-state index is 0.526. The van der Waals surface area contributed by atoms with E-state index in [2.05, 4.69) is 46.6 Å². The maximum atomic E-state index is 5.78. The number of thiophene rings is 1. The number of hydrogen-bond donors (Lipinski definition) is 0. The van der Waals surface area contributed by atoms with E-state index in [0.717, 1.165) is 25.2 Å². The molecular weight excluding hydrogens is 320 g/mol. The van der Waals surface area contributed by atoms with Crippen LogP contribution in [0.1, 0.15) is 42.3 Å². The molecule has 0 aliphatic heterocycles. The van der Waals surface area contributed by atoms with E-state index in [1.165, 1.54) is 22.7 Å². The standard InChI is InChI=1S/C16H23ClN2S2/c1-13(2)19(11-15-6-5-9-20-15)8-4-3-7-16-18-14(10-17)12-21-16/h5-6,9,12-13H,3-4,7-8,10-11H2,1-2H3.